The van der Waals surface area contributed by atoms with E-state index < -0.39 is 0 Å². The standard InChI is InChI=1S/C28H27ClN2O2/c1-33-19-18-31(21-26-11-7-17-30(26)20-25-10-5-6-12-27(25)29)28(32)24-15-13-23(14-16-24)22-8-3-2-4-9-22/h2-17H,18-21H2,1H3. The van der Waals surface area contributed by atoms with Gasteiger partial charge >= 0.3 is 0 Å². The molecule has 4 nitrogen and oxygen atoms in total. The zero-order valence-corrected chi connectivity index (χ0v) is 19.4. The van der Waals surface area contributed by atoms with Crippen LogP contribution in [0.3, 0.4) is 0 Å². The number of nitrogens with zero attached hydrogens (tertiary/aromatic N) is 2. The molecule has 0 aliphatic rings. The Labute approximate surface area is 200 Å². The molecule has 0 unspecified atom stereocenters. The Kier molecular flexibility index (Phi) is 7.61. The summed E-state index contributed by atoms with van der Waals surface area (Å²) in [5, 5.41) is 0.739. The van der Waals surface area contributed by atoms with Crippen LogP contribution in [0, 0.1) is 0 Å². The lowest BCUT2D eigenvalue weighted by Crippen LogP contribution is -2.34. The number of rotatable bonds is 9. The highest BCUT2D eigenvalue weighted by atomic mass is 35.5. The fourth-order valence-electron chi connectivity index (χ4n) is 3.83. The van der Waals surface area contributed by atoms with E-state index in [2.05, 4.69) is 16.7 Å². The molecule has 0 spiro atoms. The third-order valence-electron chi connectivity index (χ3n) is 5.67. The molecular weight excluding hydrogens is 432 g/mol. The van der Waals surface area contributed by atoms with Crippen molar-refractivity contribution < 1.29 is 9.53 Å². The van der Waals surface area contributed by atoms with Crippen molar-refractivity contribution in [3.63, 3.8) is 0 Å². The van der Waals surface area contributed by atoms with Crippen molar-refractivity contribution >= 4 is 17.5 Å². The first-order chi connectivity index (χ1) is 16.2. The number of hydrogen-bond donors (Lipinski definition) is 0. The van der Waals surface area contributed by atoms with Gasteiger partial charge in [-0.15, -0.1) is 0 Å². The van der Waals surface area contributed by atoms with Crippen LogP contribution >= 0.6 is 11.6 Å². The van der Waals surface area contributed by atoms with Gasteiger partial charge in [0.2, 0.25) is 0 Å². The quantitative estimate of drug-likeness (QED) is 0.301. The van der Waals surface area contributed by atoms with Crippen molar-refractivity contribution in [1.29, 1.82) is 0 Å². The van der Waals surface area contributed by atoms with Gasteiger partial charge in [-0.3, -0.25) is 4.79 Å². The zero-order chi connectivity index (χ0) is 23.0. The third kappa shape index (κ3) is 5.72. The Morgan fingerprint density at radius 3 is 2.30 bits per heavy atom. The van der Waals surface area contributed by atoms with Crippen LogP contribution in [0.4, 0.5) is 0 Å². The molecule has 0 saturated carbocycles. The van der Waals surface area contributed by atoms with Gasteiger partial charge in [0, 0.05) is 42.7 Å². The molecule has 0 radical (unpaired) electrons. The molecule has 0 aliphatic heterocycles. The fraction of sp³-hybridized carbons (Fsp3) is 0.179. The minimum Gasteiger partial charge on any atom is -0.383 e. The van der Waals surface area contributed by atoms with Gasteiger partial charge in [-0.05, 0) is 47.0 Å². The summed E-state index contributed by atoms with van der Waals surface area (Å²) in [7, 11) is 1.65. The van der Waals surface area contributed by atoms with Crippen LogP contribution in [0.5, 0.6) is 0 Å². The third-order valence-corrected chi connectivity index (χ3v) is 6.04. The summed E-state index contributed by atoms with van der Waals surface area (Å²) in [6.07, 6.45) is 2.02. The number of hydrogen-bond acceptors (Lipinski definition) is 2. The van der Waals surface area contributed by atoms with Crippen LogP contribution < -0.4 is 0 Å². The van der Waals surface area contributed by atoms with Gasteiger partial charge in [0.1, 0.15) is 0 Å². The van der Waals surface area contributed by atoms with Crippen LogP contribution in [-0.2, 0) is 17.8 Å². The number of halogens is 1. The molecule has 4 rings (SSSR count). The van der Waals surface area contributed by atoms with Crippen LogP contribution in [0.1, 0.15) is 21.6 Å². The Morgan fingerprint density at radius 2 is 1.58 bits per heavy atom. The van der Waals surface area contributed by atoms with Gasteiger partial charge < -0.3 is 14.2 Å². The molecule has 33 heavy (non-hydrogen) atoms. The fourth-order valence-corrected chi connectivity index (χ4v) is 4.02. The molecule has 1 heterocycles. The molecule has 0 aliphatic carbocycles. The number of carbonyl (C=O) groups is 1. The lowest BCUT2D eigenvalue weighted by molar-refractivity contribution is 0.0676. The molecule has 0 atom stereocenters. The molecule has 168 valence electrons. The summed E-state index contributed by atoms with van der Waals surface area (Å²) in [4.78, 5) is 15.2. The molecular formula is C28H27ClN2O2. The lowest BCUT2D eigenvalue weighted by atomic mass is 10.0. The number of carbonyl (C=O) groups excluding carboxylic acids is 1. The minimum atomic E-state index is -0.0165. The molecule has 0 N–H and O–H groups in total. The first-order valence-electron chi connectivity index (χ1n) is 11.0. The van der Waals surface area contributed by atoms with Crippen LogP contribution in [0.2, 0.25) is 5.02 Å². The van der Waals surface area contributed by atoms with E-state index in [4.69, 9.17) is 16.3 Å². The highest BCUT2D eigenvalue weighted by Crippen LogP contribution is 2.21. The average molecular weight is 459 g/mol. The predicted molar refractivity (Wildman–Crippen MR) is 133 cm³/mol. The highest BCUT2D eigenvalue weighted by molar-refractivity contribution is 6.31. The van der Waals surface area contributed by atoms with Crippen molar-refractivity contribution in [3.05, 3.63) is 119 Å². The van der Waals surface area contributed by atoms with E-state index in [0.29, 0.717) is 31.8 Å². The second kappa shape index (κ2) is 11.0. The van der Waals surface area contributed by atoms with Gasteiger partial charge in [-0.25, -0.2) is 0 Å². The van der Waals surface area contributed by atoms with E-state index in [0.717, 1.165) is 27.4 Å². The van der Waals surface area contributed by atoms with Crippen molar-refractivity contribution in [3.8, 4) is 11.1 Å². The van der Waals surface area contributed by atoms with Gasteiger partial charge in [0.05, 0.1) is 13.2 Å². The first kappa shape index (κ1) is 22.8. The predicted octanol–water partition coefficient (Wildman–Crippen LogP) is 6.15. The summed E-state index contributed by atoms with van der Waals surface area (Å²) in [6.45, 7) is 2.12. The number of aromatic nitrogens is 1. The van der Waals surface area contributed by atoms with E-state index in [1.54, 1.807) is 7.11 Å². The molecule has 0 bridgehead atoms. The SMILES string of the molecule is COCCN(Cc1cccn1Cc1ccccc1Cl)C(=O)c1ccc(-c2ccccc2)cc1. The van der Waals surface area contributed by atoms with E-state index in [1.165, 1.54) is 0 Å². The Balaban J connectivity index is 1.52. The van der Waals surface area contributed by atoms with E-state index >= 15 is 0 Å². The average Bonchev–Trinajstić information content (AvgIpc) is 3.30. The van der Waals surface area contributed by atoms with E-state index in [1.807, 2.05) is 90.0 Å². The van der Waals surface area contributed by atoms with Crippen molar-refractivity contribution in [2.45, 2.75) is 13.1 Å². The van der Waals surface area contributed by atoms with Crippen LogP contribution in [-0.4, -0.2) is 35.6 Å². The molecule has 4 aromatic rings. The Hall–Kier alpha value is -3.34. The lowest BCUT2D eigenvalue weighted by Gasteiger charge is -2.24. The van der Waals surface area contributed by atoms with E-state index in [-0.39, 0.29) is 5.91 Å². The number of ether oxygens (including phenoxy) is 1. The molecule has 3 aromatic carbocycles. The maximum Gasteiger partial charge on any atom is 0.254 e. The number of amides is 1. The highest BCUT2D eigenvalue weighted by Gasteiger charge is 2.18. The minimum absolute atomic E-state index is 0.0165. The number of methoxy groups -OCH3 is 1. The van der Waals surface area contributed by atoms with Gasteiger partial charge in [-0.1, -0.05) is 72.3 Å². The largest absolute Gasteiger partial charge is 0.383 e. The second-order valence-electron chi connectivity index (χ2n) is 7.88. The Morgan fingerprint density at radius 1 is 0.879 bits per heavy atom. The van der Waals surface area contributed by atoms with Crippen molar-refractivity contribution in [2.75, 3.05) is 20.3 Å². The molecule has 1 amide bonds. The first-order valence-corrected chi connectivity index (χ1v) is 11.3. The number of benzene rings is 3. The molecule has 5 heteroatoms. The molecule has 0 saturated heterocycles. The van der Waals surface area contributed by atoms with Gasteiger partial charge in [0.25, 0.3) is 5.91 Å². The summed E-state index contributed by atoms with van der Waals surface area (Å²) >= 11 is 6.36. The normalized spacial score (nSPS) is 10.8. The maximum absolute atomic E-state index is 13.4. The van der Waals surface area contributed by atoms with Gasteiger partial charge in [-0.2, -0.15) is 0 Å². The molecule has 1 aromatic heterocycles. The summed E-state index contributed by atoms with van der Waals surface area (Å²) in [5.41, 5.74) is 4.97. The zero-order valence-electron chi connectivity index (χ0n) is 18.7. The smallest absolute Gasteiger partial charge is 0.254 e. The van der Waals surface area contributed by atoms with E-state index in [9.17, 15) is 4.79 Å². The summed E-state index contributed by atoms with van der Waals surface area (Å²) in [5.74, 6) is -0.0165. The van der Waals surface area contributed by atoms with Crippen molar-refractivity contribution in [2.24, 2.45) is 0 Å². The topological polar surface area (TPSA) is 34.5 Å². The van der Waals surface area contributed by atoms with Gasteiger partial charge in [0.15, 0.2) is 0 Å². The van der Waals surface area contributed by atoms with Crippen molar-refractivity contribution in [1.82, 2.24) is 9.47 Å². The van der Waals surface area contributed by atoms with Crippen LogP contribution in [0.25, 0.3) is 11.1 Å². The monoisotopic (exact) mass is 458 g/mol. The van der Waals surface area contributed by atoms with Crippen LogP contribution in [0.15, 0.2) is 97.2 Å². The Bertz CT molecular complexity index is 1190. The second-order valence-corrected chi connectivity index (χ2v) is 8.29. The summed E-state index contributed by atoms with van der Waals surface area (Å²) < 4.78 is 7.41. The maximum atomic E-state index is 13.4. The summed E-state index contributed by atoms with van der Waals surface area (Å²) in [6, 6.07) is 29.8. The molecule has 0 fully saturated rings.